The Labute approximate surface area is 155 Å². The average molecular weight is 435 g/mol. The minimum atomic E-state index is -0.202. The van der Waals surface area contributed by atoms with Gasteiger partial charge in [-0.05, 0) is 30.5 Å². The lowest BCUT2D eigenvalue weighted by atomic mass is 9.84. The van der Waals surface area contributed by atoms with E-state index in [0.717, 1.165) is 37.5 Å². The summed E-state index contributed by atoms with van der Waals surface area (Å²) in [6.45, 7) is 6.46. The van der Waals surface area contributed by atoms with Crippen LogP contribution in [0.4, 0.5) is 4.39 Å². The molecule has 0 amide bonds. The molecule has 1 aromatic rings. The smallest absolute Gasteiger partial charge is 0.191 e. The fraction of sp³-hybridized carbons (Fsp3) is 0.588. The molecule has 1 fully saturated rings. The Morgan fingerprint density at radius 1 is 1.39 bits per heavy atom. The van der Waals surface area contributed by atoms with Gasteiger partial charge in [-0.1, -0.05) is 26.0 Å². The van der Waals surface area contributed by atoms with E-state index in [9.17, 15) is 4.39 Å². The Bertz CT molecular complexity index is 516. The molecule has 1 heterocycles. The molecule has 1 aromatic carbocycles. The number of hydrogen-bond acceptors (Lipinski definition) is 2. The van der Waals surface area contributed by atoms with Crippen LogP contribution in [0.15, 0.2) is 29.3 Å². The number of rotatable bonds is 5. The molecule has 4 nitrogen and oxygen atoms in total. The van der Waals surface area contributed by atoms with Crippen molar-refractivity contribution in [3.05, 3.63) is 35.6 Å². The number of benzene rings is 1. The molecule has 2 rings (SSSR count). The van der Waals surface area contributed by atoms with E-state index < -0.39 is 0 Å². The van der Waals surface area contributed by atoms with Crippen LogP contribution in [-0.2, 0) is 10.2 Å². The molecule has 130 valence electrons. The first-order chi connectivity index (χ1) is 10.5. The van der Waals surface area contributed by atoms with Crippen molar-refractivity contribution in [2.45, 2.75) is 38.2 Å². The fourth-order valence-corrected chi connectivity index (χ4v) is 2.55. The van der Waals surface area contributed by atoms with Crippen molar-refractivity contribution in [3.63, 3.8) is 0 Å². The van der Waals surface area contributed by atoms with Crippen LogP contribution in [0, 0.1) is 5.82 Å². The van der Waals surface area contributed by atoms with Crippen molar-refractivity contribution < 1.29 is 9.13 Å². The van der Waals surface area contributed by atoms with Gasteiger partial charge in [-0.2, -0.15) is 0 Å². The first-order valence-electron chi connectivity index (χ1n) is 7.83. The Morgan fingerprint density at radius 3 is 2.78 bits per heavy atom. The summed E-state index contributed by atoms with van der Waals surface area (Å²) in [6.07, 6.45) is 2.50. The van der Waals surface area contributed by atoms with Gasteiger partial charge in [0.15, 0.2) is 5.96 Å². The van der Waals surface area contributed by atoms with Crippen molar-refractivity contribution in [3.8, 4) is 0 Å². The molecule has 0 spiro atoms. The Hall–Kier alpha value is -0.890. The van der Waals surface area contributed by atoms with E-state index in [-0.39, 0.29) is 41.3 Å². The summed E-state index contributed by atoms with van der Waals surface area (Å²) in [7, 11) is 1.75. The van der Waals surface area contributed by atoms with Crippen LogP contribution in [0.25, 0.3) is 0 Å². The fourth-order valence-electron chi connectivity index (χ4n) is 2.55. The quantitative estimate of drug-likeness (QED) is 0.425. The van der Waals surface area contributed by atoms with Crippen molar-refractivity contribution in [2.24, 2.45) is 4.99 Å². The minimum Gasteiger partial charge on any atom is -0.376 e. The number of guanidine groups is 1. The molecular formula is C17H27FIN3O. The predicted octanol–water partition coefficient (Wildman–Crippen LogP) is 3.07. The number of nitrogens with zero attached hydrogens (tertiary/aromatic N) is 1. The third-order valence-electron chi connectivity index (χ3n) is 4.05. The maximum Gasteiger partial charge on any atom is 0.191 e. The normalized spacial score (nSPS) is 18.4. The van der Waals surface area contributed by atoms with E-state index in [1.165, 1.54) is 6.07 Å². The van der Waals surface area contributed by atoms with E-state index in [0.29, 0.717) is 6.54 Å². The Morgan fingerprint density at radius 2 is 2.17 bits per heavy atom. The standard InChI is InChI=1S/C17H26FN3O.HI/c1-17(2,13-6-4-7-14(18)10-13)12-21-16(19-3)20-11-15-8-5-9-22-15;/h4,6-7,10,15H,5,8-9,11-12H2,1-3H3,(H2,19,20,21);1H. The summed E-state index contributed by atoms with van der Waals surface area (Å²) in [5.41, 5.74) is 0.776. The molecular weight excluding hydrogens is 408 g/mol. The maximum atomic E-state index is 13.4. The number of hydrogen-bond donors (Lipinski definition) is 2. The molecule has 1 aliphatic heterocycles. The third-order valence-corrected chi connectivity index (χ3v) is 4.05. The summed E-state index contributed by atoms with van der Waals surface area (Å²) >= 11 is 0. The molecule has 0 saturated carbocycles. The highest BCUT2D eigenvalue weighted by Gasteiger charge is 2.22. The summed E-state index contributed by atoms with van der Waals surface area (Å²) < 4.78 is 19.0. The Balaban J connectivity index is 0.00000264. The summed E-state index contributed by atoms with van der Waals surface area (Å²) in [5, 5.41) is 6.60. The zero-order chi connectivity index (χ0) is 16.0. The van der Waals surface area contributed by atoms with Gasteiger partial charge in [0.2, 0.25) is 0 Å². The molecule has 0 bridgehead atoms. The lowest BCUT2D eigenvalue weighted by Crippen LogP contribution is -2.45. The van der Waals surface area contributed by atoms with Gasteiger partial charge >= 0.3 is 0 Å². The molecule has 6 heteroatoms. The summed E-state index contributed by atoms with van der Waals surface area (Å²) in [4.78, 5) is 4.23. The van der Waals surface area contributed by atoms with Crippen LogP contribution >= 0.6 is 24.0 Å². The summed E-state index contributed by atoms with van der Waals surface area (Å²) in [5.74, 6) is 0.548. The molecule has 0 radical (unpaired) electrons. The monoisotopic (exact) mass is 435 g/mol. The lowest BCUT2D eigenvalue weighted by molar-refractivity contribution is 0.114. The third kappa shape index (κ3) is 6.25. The van der Waals surface area contributed by atoms with Gasteiger partial charge in [-0.15, -0.1) is 24.0 Å². The van der Waals surface area contributed by atoms with E-state index in [4.69, 9.17) is 4.74 Å². The van der Waals surface area contributed by atoms with E-state index in [2.05, 4.69) is 29.5 Å². The minimum absolute atomic E-state index is 0. The average Bonchev–Trinajstić information content (AvgIpc) is 3.01. The zero-order valence-electron chi connectivity index (χ0n) is 14.1. The van der Waals surface area contributed by atoms with Gasteiger partial charge in [-0.3, -0.25) is 4.99 Å². The van der Waals surface area contributed by atoms with Crippen LogP contribution in [0.3, 0.4) is 0 Å². The molecule has 0 aliphatic carbocycles. The van der Waals surface area contributed by atoms with Crippen molar-refractivity contribution in [1.29, 1.82) is 0 Å². The SMILES string of the molecule is CN=C(NCC1CCCO1)NCC(C)(C)c1cccc(F)c1.I. The van der Waals surface area contributed by atoms with E-state index in [1.54, 1.807) is 19.2 Å². The van der Waals surface area contributed by atoms with Crippen LogP contribution in [-0.4, -0.2) is 38.8 Å². The highest BCUT2D eigenvalue weighted by molar-refractivity contribution is 14.0. The van der Waals surface area contributed by atoms with Crippen molar-refractivity contribution in [1.82, 2.24) is 10.6 Å². The molecule has 1 saturated heterocycles. The van der Waals surface area contributed by atoms with E-state index >= 15 is 0 Å². The molecule has 23 heavy (non-hydrogen) atoms. The number of nitrogens with one attached hydrogen (secondary N) is 2. The van der Waals surface area contributed by atoms with E-state index in [1.807, 2.05) is 6.07 Å². The van der Waals surface area contributed by atoms with Gasteiger partial charge in [-0.25, -0.2) is 4.39 Å². The van der Waals surface area contributed by atoms with Gasteiger partial charge in [0, 0.05) is 32.2 Å². The molecule has 1 atom stereocenters. The number of halogens is 2. The van der Waals surface area contributed by atoms with Gasteiger partial charge < -0.3 is 15.4 Å². The largest absolute Gasteiger partial charge is 0.376 e. The van der Waals surface area contributed by atoms with Gasteiger partial charge in [0.05, 0.1) is 6.10 Å². The van der Waals surface area contributed by atoms with Crippen molar-refractivity contribution >= 4 is 29.9 Å². The molecule has 1 aliphatic rings. The number of aliphatic imine (C=N–C) groups is 1. The first kappa shape index (κ1) is 20.2. The topological polar surface area (TPSA) is 45.7 Å². The van der Waals surface area contributed by atoms with Crippen LogP contribution in [0.1, 0.15) is 32.3 Å². The van der Waals surface area contributed by atoms with Crippen LogP contribution in [0.2, 0.25) is 0 Å². The lowest BCUT2D eigenvalue weighted by Gasteiger charge is -2.27. The molecule has 0 aromatic heterocycles. The predicted molar refractivity (Wildman–Crippen MR) is 103 cm³/mol. The van der Waals surface area contributed by atoms with Gasteiger partial charge in [0.1, 0.15) is 5.82 Å². The second kappa shape index (κ2) is 9.42. The first-order valence-corrected chi connectivity index (χ1v) is 7.83. The Kier molecular flexibility index (Phi) is 8.25. The number of ether oxygens (including phenoxy) is 1. The highest BCUT2D eigenvalue weighted by atomic mass is 127. The second-order valence-electron chi connectivity index (χ2n) is 6.34. The second-order valence-corrected chi connectivity index (χ2v) is 6.34. The highest BCUT2D eigenvalue weighted by Crippen LogP contribution is 2.22. The maximum absolute atomic E-state index is 13.4. The molecule has 1 unspecified atom stereocenters. The van der Waals surface area contributed by atoms with Crippen LogP contribution < -0.4 is 10.6 Å². The van der Waals surface area contributed by atoms with Crippen LogP contribution in [0.5, 0.6) is 0 Å². The van der Waals surface area contributed by atoms with Gasteiger partial charge in [0.25, 0.3) is 0 Å². The van der Waals surface area contributed by atoms with Crippen molar-refractivity contribution in [2.75, 3.05) is 26.7 Å². The summed E-state index contributed by atoms with van der Waals surface area (Å²) in [6, 6.07) is 6.75. The molecule has 2 N–H and O–H groups in total. The zero-order valence-corrected chi connectivity index (χ0v) is 16.4.